The molecule has 0 radical (unpaired) electrons. The number of nitrogens with zero attached hydrogens (tertiary/aromatic N) is 2. The Morgan fingerprint density at radius 3 is 2.78 bits per heavy atom. The number of hydrogen-bond donors (Lipinski definition) is 1. The summed E-state index contributed by atoms with van der Waals surface area (Å²) in [5.74, 6) is 1.90. The molecule has 98 valence electrons. The number of nitrogen functional groups attached to an aromatic ring is 1. The van der Waals surface area contributed by atoms with Crippen LogP contribution in [0.2, 0.25) is 0 Å². The molecule has 0 bridgehead atoms. The SMILES string of the molecule is Cc1ccnc(N2CCCC2C2CCCC2)c1N. The first-order chi connectivity index (χ1) is 8.77. The molecule has 1 atom stereocenters. The van der Waals surface area contributed by atoms with Gasteiger partial charge in [0.05, 0.1) is 5.69 Å². The van der Waals surface area contributed by atoms with Crippen LogP contribution in [-0.2, 0) is 0 Å². The average Bonchev–Trinajstić information content (AvgIpc) is 3.01. The van der Waals surface area contributed by atoms with Gasteiger partial charge in [-0.25, -0.2) is 4.98 Å². The summed E-state index contributed by atoms with van der Waals surface area (Å²) < 4.78 is 0. The maximum absolute atomic E-state index is 6.22. The summed E-state index contributed by atoms with van der Waals surface area (Å²) >= 11 is 0. The second-order valence-corrected chi connectivity index (χ2v) is 5.81. The molecule has 1 aliphatic carbocycles. The molecule has 1 saturated carbocycles. The van der Waals surface area contributed by atoms with Crippen LogP contribution in [0.3, 0.4) is 0 Å². The minimum atomic E-state index is 0.684. The average molecular weight is 245 g/mol. The second kappa shape index (κ2) is 4.79. The van der Waals surface area contributed by atoms with Gasteiger partial charge in [0.15, 0.2) is 5.82 Å². The topological polar surface area (TPSA) is 42.2 Å². The molecule has 1 aliphatic heterocycles. The van der Waals surface area contributed by atoms with E-state index in [4.69, 9.17) is 5.73 Å². The number of aromatic nitrogens is 1. The lowest BCUT2D eigenvalue weighted by Crippen LogP contribution is -2.35. The van der Waals surface area contributed by atoms with E-state index in [9.17, 15) is 0 Å². The quantitative estimate of drug-likeness (QED) is 0.870. The Hall–Kier alpha value is -1.25. The monoisotopic (exact) mass is 245 g/mol. The maximum atomic E-state index is 6.22. The standard InChI is InChI=1S/C15H23N3/c1-11-8-9-17-15(14(11)16)18-10-4-7-13(18)12-5-2-3-6-12/h8-9,12-13H,2-7,10,16H2,1H3. The van der Waals surface area contributed by atoms with Gasteiger partial charge in [-0.3, -0.25) is 0 Å². The predicted molar refractivity (Wildman–Crippen MR) is 75.7 cm³/mol. The Balaban J connectivity index is 1.87. The Bertz CT molecular complexity index is 424. The van der Waals surface area contributed by atoms with E-state index in [1.807, 2.05) is 12.3 Å². The third-order valence-corrected chi connectivity index (χ3v) is 4.70. The van der Waals surface area contributed by atoms with Gasteiger partial charge in [-0.2, -0.15) is 0 Å². The van der Waals surface area contributed by atoms with Crippen molar-refractivity contribution in [3.8, 4) is 0 Å². The molecule has 2 fully saturated rings. The number of anilines is 2. The van der Waals surface area contributed by atoms with E-state index in [0.717, 1.165) is 29.5 Å². The molecule has 18 heavy (non-hydrogen) atoms. The van der Waals surface area contributed by atoms with E-state index in [1.54, 1.807) is 0 Å². The fourth-order valence-electron chi connectivity index (χ4n) is 3.67. The maximum Gasteiger partial charge on any atom is 0.152 e. The van der Waals surface area contributed by atoms with Crippen LogP contribution in [-0.4, -0.2) is 17.6 Å². The molecule has 1 unspecified atom stereocenters. The Kier molecular flexibility index (Phi) is 3.14. The molecule has 2 heterocycles. The van der Waals surface area contributed by atoms with Crippen molar-refractivity contribution in [1.82, 2.24) is 4.98 Å². The molecule has 1 aromatic rings. The van der Waals surface area contributed by atoms with Crippen LogP contribution in [0.5, 0.6) is 0 Å². The molecular formula is C15H23N3. The normalized spacial score (nSPS) is 24.9. The van der Waals surface area contributed by atoms with Gasteiger partial charge in [-0.15, -0.1) is 0 Å². The summed E-state index contributed by atoms with van der Waals surface area (Å²) in [6.45, 7) is 3.20. The first-order valence-corrected chi connectivity index (χ1v) is 7.25. The van der Waals surface area contributed by atoms with Crippen molar-refractivity contribution >= 4 is 11.5 Å². The molecule has 2 aliphatic rings. The molecule has 0 amide bonds. The summed E-state index contributed by atoms with van der Waals surface area (Å²) in [6.07, 6.45) is 10.1. The van der Waals surface area contributed by atoms with E-state index in [1.165, 1.54) is 38.5 Å². The van der Waals surface area contributed by atoms with Gasteiger partial charge in [-0.05, 0) is 50.2 Å². The van der Waals surface area contributed by atoms with Crippen molar-refractivity contribution in [2.75, 3.05) is 17.2 Å². The van der Waals surface area contributed by atoms with Crippen molar-refractivity contribution < 1.29 is 0 Å². The summed E-state index contributed by atoms with van der Waals surface area (Å²) in [5, 5.41) is 0. The van der Waals surface area contributed by atoms with Crippen molar-refractivity contribution in [2.24, 2.45) is 5.92 Å². The number of rotatable bonds is 2. The van der Waals surface area contributed by atoms with E-state index < -0.39 is 0 Å². The largest absolute Gasteiger partial charge is 0.396 e. The van der Waals surface area contributed by atoms with Crippen LogP contribution in [0.25, 0.3) is 0 Å². The smallest absolute Gasteiger partial charge is 0.152 e. The molecular weight excluding hydrogens is 222 g/mol. The highest BCUT2D eigenvalue weighted by molar-refractivity contribution is 5.67. The molecule has 0 aromatic carbocycles. The lowest BCUT2D eigenvalue weighted by Gasteiger charge is -2.31. The van der Waals surface area contributed by atoms with Gasteiger partial charge < -0.3 is 10.6 Å². The van der Waals surface area contributed by atoms with Crippen LogP contribution < -0.4 is 10.6 Å². The fourth-order valence-corrected chi connectivity index (χ4v) is 3.67. The van der Waals surface area contributed by atoms with Gasteiger partial charge in [0.1, 0.15) is 0 Å². The van der Waals surface area contributed by atoms with Crippen LogP contribution in [0.4, 0.5) is 11.5 Å². The number of hydrogen-bond acceptors (Lipinski definition) is 3. The van der Waals surface area contributed by atoms with Gasteiger partial charge in [-0.1, -0.05) is 12.8 Å². The second-order valence-electron chi connectivity index (χ2n) is 5.81. The first-order valence-electron chi connectivity index (χ1n) is 7.25. The van der Waals surface area contributed by atoms with Crippen molar-refractivity contribution in [3.05, 3.63) is 17.8 Å². The highest BCUT2D eigenvalue weighted by Crippen LogP contribution is 2.39. The van der Waals surface area contributed by atoms with Gasteiger partial charge >= 0.3 is 0 Å². The molecule has 1 aromatic heterocycles. The van der Waals surface area contributed by atoms with Crippen LogP contribution >= 0.6 is 0 Å². The van der Waals surface area contributed by atoms with Gasteiger partial charge in [0.25, 0.3) is 0 Å². The van der Waals surface area contributed by atoms with Crippen molar-refractivity contribution in [1.29, 1.82) is 0 Å². The lowest BCUT2D eigenvalue weighted by atomic mass is 9.96. The van der Waals surface area contributed by atoms with Gasteiger partial charge in [0, 0.05) is 18.8 Å². The summed E-state index contributed by atoms with van der Waals surface area (Å²) in [6, 6.07) is 2.68. The number of aryl methyl sites for hydroxylation is 1. The van der Waals surface area contributed by atoms with Crippen LogP contribution in [0.1, 0.15) is 44.1 Å². The number of nitrogens with two attached hydrogens (primary N) is 1. The first kappa shape index (κ1) is 11.8. The zero-order valence-electron chi connectivity index (χ0n) is 11.2. The van der Waals surface area contributed by atoms with Crippen LogP contribution in [0, 0.1) is 12.8 Å². The Morgan fingerprint density at radius 2 is 2.00 bits per heavy atom. The van der Waals surface area contributed by atoms with E-state index >= 15 is 0 Å². The van der Waals surface area contributed by atoms with E-state index in [0.29, 0.717) is 6.04 Å². The molecule has 3 heteroatoms. The van der Waals surface area contributed by atoms with E-state index in [-0.39, 0.29) is 0 Å². The van der Waals surface area contributed by atoms with Crippen LogP contribution in [0.15, 0.2) is 12.3 Å². The third-order valence-electron chi connectivity index (χ3n) is 4.70. The highest BCUT2D eigenvalue weighted by atomic mass is 15.2. The predicted octanol–water partition coefficient (Wildman–Crippen LogP) is 3.13. The molecule has 0 spiro atoms. The van der Waals surface area contributed by atoms with Crippen molar-refractivity contribution in [3.63, 3.8) is 0 Å². The minimum absolute atomic E-state index is 0.684. The fraction of sp³-hybridized carbons (Fsp3) is 0.667. The molecule has 2 N–H and O–H groups in total. The lowest BCUT2D eigenvalue weighted by molar-refractivity contribution is 0.429. The summed E-state index contributed by atoms with van der Waals surface area (Å²) in [7, 11) is 0. The minimum Gasteiger partial charge on any atom is -0.396 e. The summed E-state index contributed by atoms with van der Waals surface area (Å²) in [5.41, 5.74) is 8.25. The third kappa shape index (κ3) is 1.96. The zero-order valence-corrected chi connectivity index (χ0v) is 11.2. The highest BCUT2D eigenvalue weighted by Gasteiger charge is 2.34. The van der Waals surface area contributed by atoms with Crippen molar-refractivity contribution in [2.45, 2.75) is 51.5 Å². The molecule has 3 rings (SSSR count). The molecule has 1 saturated heterocycles. The summed E-state index contributed by atoms with van der Waals surface area (Å²) in [4.78, 5) is 7.03. The van der Waals surface area contributed by atoms with Gasteiger partial charge in [0.2, 0.25) is 0 Å². The number of pyridine rings is 1. The van der Waals surface area contributed by atoms with E-state index in [2.05, 4.69) is 16.8 Å². The Morgan fingerprint density at radius 1 is 1.22 bits per heavy atom. The zero-order chi connectivity index (χ0) is 12.5. The Labute approximate surface area is 109 Å². The molecule has 3 nitrogen and oxygen atoms in total.